The number of likely N-dealkylation sites (tertiary alicyclic amines) is 1. The van der Waals surface area contributed by atoms with Crippen LogP contribution in [0.2, 0.25) is 0 Å². The third-order valence-electron chi connectivity index (χ3n) is 9.21. The van der Waals surface area contributed by atoms with E-state index in [1.54, 1.807) is 0 Å². The molecular weight excluding hydrogens is 422 g/mol. The normalized spacial score (nSPS) is 32.0. The number of phenolic OH excluding ortho intramolecular Hbond substituents is 1. The van der Waals surface area contributed by atoms with Crippen LogP contribution in [0, 0.1) is 11.8 Å². The number of nitrogens with zero attached hydrogens (tertiary/aromatic N) is 3. The smallest absolute Gasteiger partial charge is 0.166 e. The molecule has 3 aliphatic heterocycles. The lowest BCUT2D eigenvalue weighted by Gasteiger charge is -2.60. The SMILES string of the molecule is CC(C)CN1CC2=C(C3Oc4c(O)ccc5c4[C@@]34CCN(C)[C@H](C5)[C@@H]4C2)N(c2ccccc2)C1. The summed E-state index contributed by atoms with van der Waals surface area (Å²) in [6, 6.07) is 15.4. The van der Waals surface area contributed by atoms with Crippen molar-refractivity contribution in [2.45, 2.75) is 50.7 Å². The van der Waals surface area contributed by atoms with E-state index in [2.05, 4.69) is 72.0 Å². The van der Waals surface area contributed by atoms with Crippen LogP contribution >= 0.6 is 0 Å². The second-order valence-corrected chi connectivity index (χ2v) is 11.6. The van der Waals surface area contributed by atoms with Gasteiger partial charge < -0.3 is 19.6 Å². The van der Waals surface area contributed by atoms with Gasteiger partial charge in [-0.2, -0.15) is 0 Å². The summed E-state index contributed by atoms with van der Waals surface area (Å²) in [5.41, 5.74) is 6.83. The second kappa shape index (κ2) is 7.25. The number of fused-ring (bicyclic) bond motifs is 1. The summed E-state index contributed by atoms with van der Waals surface area (Å²) in [5.74, 6) is 2.23. The molecule has 2 aromatic carbocycles. The second-order valence-electron chi connectivity index (χ2n) is 11.6. The molecule has 0 aromatic heterocycles. The summed E-state index contributed by atoms with van der Waals surface area (Å²) in [7, 11) is 2.31. The van der Waals surface area contributed by atoms with E-state index in [1.807, 2.05) is 6.07 Å². The molecule has 7 rings (SSSR count). The lowest BCUT2D eigenvalue weighted by atomic mass is 9.51. The fraction of sp³-hybridized carbons (Fsp3) is 0.517. The molecule has 1 fully saturated rings. The molecule has 1 spiro atoms. The zero-order valence-electron chi connectivity index (χ0n) is 20.5. The number of ether oxygens (including phenoxy) is 1. The van der Waals surface area contributed by atoms with Gasteiger partial charge in [-0.3, -0.25) is 4.90 Å². The fourth-order valence-corrected chi connectivity index (χ4v) is 8.00. The number of likely N-dealkylation sites (N-methyl/N-ethyl adjacent to an activating group) is 1. The van der Waals surface area contributed by atoms with Gasteiger partial charge in [0.15, 0.2) is 11.5 Å². The standard InChI is InChI=1S/C29H35N3O2/c1-18(2)15-31-16-20-13-22-23-14-19-9-10-24(33)27-25(19)29(22,11-12-30(23)3)28(34-27)26(20)32(17-31)21-7-5-4-6-8-21/h4-10,18,22-23,28,33H,11-17H2,1-3H3/t22-,23+,28?,29-/m0/s1. The Labute approximate surface area is 202 Å². The third kappa shape index (κ3) is 2.68. The Kier molecular flexibility index (Phi) is 4.44. The number of aromatic hydroxyl groups is 1. The van der Waals surface area contributed by atoms with Crippen molar-refractivity contribution in [2.75, 3.05) is 38.3 Å². The molecule has 178 valence electrons. The van der Waals surface area contributed by atoms with E-state index in [-0.39, 0.29) is 11.5 Å². The number of hydrogen-bond acceptors (Lipinski definition) is 5. The first kappa shape index (κ1) is 20.8. The van der Waals surface area contributed by atoms with Gasteiger partial charge >= 0.3 is 0 Å². The van der Waals surface area contributed by atoms with Crippen molar-refractivity contribution in [1.29, 1.82) is 0 Å². The van der Waals surface area contributed by atoms with Crippen LogP contribution < -0.4 is 9.64 Å². The van der Waals surface area contributed by atoms with Crippen LogP contribution in [0.3, 0.4) is 0 Å². The Balaban J connectivity index is 1.43. The Morgan fingerprint density at radius 2 is 1.94 bits per heavy atom. The highest BCUT2D eigenvalue weighted by Gasteiger charge is 2.66. The van der Waals surface area contributed by atoms with Crippen LogP contribution in [-0.2, 0) is 11.8 Å². The van der Waals surface area contributed by atoms with Gasteiger partial charge in [-0.1, -0.05) is 38.1 Å². The van der Waals surface area contributed by atoms with Crippen LogP contribution in [0.15, 0.2) is 53.7 Å². The minimum Gasteiger partial charge on any atom is -0.504 e. The summed E-state index contributed by atoms with van der Waals surface area (Å²) >= 11 is 0. The van der Waals surface area contributed by atoms with Crippen LogP contribution in [0.1, 0.15) is 37.8 Å². The molecule has 0 amide bonds. The lowest BCUT2D eigenvalue weighted by Crippen LogP contribution is -2.66. The highest BCUT2D eigenvalue weighted by molar-refractivity contribution is 5.66. The van der Waals surface area contributed by atoms with E-state index in [0.717, 1.165) is 51.3 Å². The molecule has 5 nitrogen and oxygen atoms in total. The summed E-state index contributed by atoms with van der Waals surface area (Å²) in [4.78, 5) is 7.74. The van der Waals surface area contributed by atoms with Crippen molar-refractivity contribution in [3.05, 3.63) is 64.9 Å². The lowest BCUT2D eigenvalue weighted by molar-refractivity contribution is -0.0157. The van der Waals surface area contributed by atoms with E-state index in [0.29, 0.717) is 23.6 Å². The molecule has 2 aliphatic carbocycles. The van der Waals surface area contributed by atoms with E-state index in [9.17, 15) is 5.11 Å². The molecule has 1 saturated heterocycles. The van der Waals surface area contributed by atoms with Crippen molar-refractivity contribution >= 4 is 5.69 Å². The zero-order valence-corrected chi connectivity index (χ0v) is 20.5. The largest absolute Gasteiger partial charge is 0.504 e. The summed E-state index contributed by atoms with van der Waals surface area (Å²) in [6.45, 7) is 8.72. The topological polar surface area (TPSA) is 39.2 Å². The number of rotatable bonds is 3. The Morgan fingerprint density at radius 3 is 2.74 bits per heavy atom. The van der Waals surface area contributed by atoms with Crippen LogP contribution in [-0.4, -0.2) is 60.4 Å². The molecule has 2 bridgehead atoms. The first-order chi connectivity index (χ1) is 16.5. The first-order valence-corrected chi connectivity index (χ1v) is 13.0. The molecule has 1 N–H and O–H groups in total. The summed E-state index contributed by atoms with van der Waals surface area (Å²) < 4.78 is 6.90. The molecule has 0 radical (unpaired) electrons. The van der Waals surface area contributed by atoms with Gasteiger partial charge in [0.1, 0.15) is 6.10 Å². The first-order valence-electron chi connectivity index (χ1n) is 13.0. The number of hydrogen-bond donors (Lipinski definition) is 1. The predicted octanol–water partition coefficient (Wildman–Crippen LogP) is 4.36. The van der Waals surface area contributed by atoms with Crippen molar-refractivity contribution in [2.24, 2.45) is 11.8 Å². The minimum absolute atomic E-state index is 0.0267. The average molecular weight is 458 g/mol. The Hall–Kier alpha value is -2.50. The molecule has 1 unspecified atom stereocenters. The van der Waals surface area contributed by atoms with Gasteiger partial charge in [0.25, 0.3) is 0 Å². The monoisotopic (exact) mass is 457 g/mol. The predicted molar refractivity (Wildman–Crippen MR) is 134 cm³/mol. The zero-order chi connectivity index (χ0) is 23.2. The van der Waals surface area contributed by atoms with Gasteiger partial charge in [-0.15, -0.1) is 0 Å². The van der Waals surface area contributed by atoms with Crippen molar-refractivity contribution in [1.82, 2.24) is 9.80 Å². The molecule has 2 aromatic rings. The summed E-state index contributed by atoms with van der Waals surface area (Å²) in [6.07, 6.45) is 3.24. The number of para-hydroxylation sites is 1. The molecule has 3 heterocycles. The minimum atomic E-state index is -0.0368. The van der Waals surface area contributed by atoms with Crippen LogP contribution in [0.5, 0.6) is 11.5 Å². The van der Waals surface area contributed by atoms with Crippen molar-refractivity contribution in [3.8, 4) is 11.5 Å². The van der Waals surface area contributed by atoms with Crippen LogP contribution in [0.4, 0.5) is 5.69 Å². The Morgan fingerprint density at radius 1 is 1.12 bits per heavy atom. The highest BCUT2D eigenvalue weighted by atomic mass is 16.5. The molecule has 34 heavy (non-hydrogen) atoms. The van der Waals surface area contributed by atoms with Gasteiger partial charge in [0.05, 0.1) is 12.4 Å². The van der Waals surface area contributed by atoms with Crippen LogP contribution in [0.25, 0.3) is 0 Å². The fourth-order valence-electron chi connectivity index (χ4n) is 8.00. The molecule has 5 aliphatic rings. The molecule has 4 atom stereocenters. The number of phenols is 1. The maximum absolute atomic E-state index is 10.9. The number of anilines is 1. The van der Waals surface area contributed by atoms with Gasteiger partial charge in [-0.25, -0.2) is 0 Å². The van der Waals surface area contributed by atoms with Crippen molar-refractivity contribution < 1.29 is 9.84 Å². The maximum Gasteiger partial charge on any atom is 0.166 e. The quantitative estimate of drug-likeness (QED) is 0.742. The van der Waals surface area contributed by atoms with E-state index < -0.39 is 0 Å². The third-order valence-corrected chi connectivity index (χ3v) is 9.21. The summed E-state index contributed by atoms with van der Waals surface area (Å²) in [5, 5.41) is 10.9. The van der Waals surface area contributed by atoms with Crippen molar-refractivity contribution in [3.63, 3.8) is 0 Å². The van der Waals surface area contributed by atoms with E-state index >= 15 is 0 Å². The average Bonchev–Trinajstić information content (AvgIpc) is 3.17. The van der Waals surface area contributed by atoms with Gasteiger partial charge in [-0.05, 0) is 74.0 Å². The van der Waals surface area contributed by atoms with E-state index in [1.165, 1.54) is 28.1 Å². The molecule has 5 heteroatoms. The van der Waals surface area contributed by atoms with E-state index in [4.69, 9.17) is 4.74 Å². The van der Waals surface area contributed by atoms with Gasteiger partial charge in [0, 0.05) is 35.8 Å². The Bertz CT molecular complexity index is 1180. The molecule has 0 saturated carbocycles. The molecular formula is C29H35N3O2. The number of benzene rings is 2. The maximum atomic E-state index is 10.9. The highest BCUT2D eigenvalue weighted by Crippen LogP contribution is 2.65. The number of piperidine rings is 1. The van der Waals surface area contributed by atoms with Gasteiger partial charge in [0.2, 0.25) is 0 Å².